The van der Waals surface area contributed by atoms with E-state index in [1.54, 1.807) is 25.7 Å². The smallest absolute Gasteiger partial charge is 0.375 e. The van der Waals surface area contributed by atoms with Gasteiger partial charge in [-0.25, -0.2) is 4.79 Å². The van der Waals surface area contributed by atoms with Crippen molar-refractivity contribution >= 4 is 28.4 Å². The summed E-state index contributed by atoms with van der Waals surface area (Å²) in [6.45, 7) is 9.31. The van der Waals surface area contributed by atoms with E-state index in [0.717, 1.165) is 28.5 Å². The normalized spacial score (nSPS) is 12.2. The molecular formula is C27H33NO4. The molecule has 2 aromatic rings. The fraction of sp³-hybridized carbons (Fsp3) is 0.370. The minimum atomic E-state index is -0.981. The second-order valence-electron chi connectivity index (χ2n) is 8.70. The molecule has 5 heteroatoms. The van der Waals surface area contributed by atoms with Crippen LogP contribution in [0.25, 0.3) is 10.8 Å². The minimum absolute atomic E-state index is 0.314. The quantitative estimate of drug-likeness (QED) is 0.218. The van der Waals surface area contributed by atoms with Crippen molar-refractivity contribution in [2.24, 2.45) is 0 Å². The Morgan fingerprint density at radius 2 is 1.72 bits per heavy atom. The molecule has 0 aliphatic carbocycles. The molecule has 2 rings (SSSR count). The van der Waals surface area contributed by atoms with Crippen molar-refractivity contribution in [2.75, 3.05) is 0 Å². The molecule has 5 nitrogen and oxygen atoms in total. The summed E-state index contributed by atoms with van der Waals surface area (Å²) < 4.78 is 5.13. The summed E-state index contributed by atoms with van der Waals surface area (Å²) in [6.07, 6.45) is 6.64. The maximum Gasteiger partial charge on any atom is 0.375 e. The van der Waals surface area contributed by atoms with Gasteiger partial charge in [-0.15, -0.1) is 0 Å². The molecule has 0 saturated heterocycles. The van der Waals surface area contributed by atoms with E-state index in [0.29, 0.717) is 13.0 Å². The number of hydrogen-bond acceptors (Lipinski definition) is 4. The Labute approximate surface area is 190 Å². The third-order valence-corrected chi connectivity index (χ3v) is 4.73. The highest BCUT2D eigenvalue weighted by Gasteiger charge is 2.28. The SMILES string of the molecule is C/C=C\C=C(/CCC)N(Cc1ccc2ccccc2c1)C(=O)CC(=O)C(=O)OC(C)(C)C. The highest BCUT2D eigenvalue weighted by molar-refractivity contribution is 6.37. The standard InChI is InChI=1S/C27H33NO4/c1-6-8-14-23(11-7-2)28(25(30)18-24(29)26(31)32-27(3,4)5)19-20-15-16-21-12-9-10-13-22(21)17-20/h6,8-10,12-17H,7,11,18-19H2,1-5H3/b8-6-,23-14+. The molecule has 0 spiro atoms. The predicted molar refractivity (Wildman–Crippen MR) is 128 cm³/mol. The van der Waals surface area contributed by atoms with Crippen LogP contribution in [0.4, 0.5) is 0 Å². The van der Waals surface area contributed by atoms with E-state index in [1.165, 1.54) is 0 Å². The van der Waals surface area contributed by atoms with Crippen LogP contribution in [-0.2, 0) is 25.7 Å². The predicted octanol–water partition coefficient (Wildman–Crippen LogP) is 5.73. The number of nitrogens with zero attached hydrogens (tertiary/aromatic N) is 1. The zero-order chi connectivity index (χ0) is 23.7. The van der Waals surface area contributed by atoms with Crippen molar-refractivity contribution in [2.45, 2.75) is 66.0 Å². The van der Waals surface area contributed by atoms with E-state index in [2.05, 4.69) is 0 Å². The largest absolute Gasteiger partial charge is 0.454 e. The number of allylic oxidation sites excluding steroid dienone is 4. The van der Waals surface area contributed by atoms with Gasteiger partial charge in [-0.05, 0) is 62.6 Å². The third kappa shape index (κ3) is 7.49. The molecule has 1 amide bonds. The van der Waals surface area contributed by atoms with Gasteiger partial charge < -0.3 is 9.64 Å². The average Bonchev–Trinajstić information content (AvgIpc) is 2.73. The van der Waals surface area contributed by atoms with Gasteiger partial charge >= 0.3 is 5.97 Å². The summed E-state index contributed by atoms with van der Waals surface area (Å²) in [4.78, 5) is 39.3. The summed E-state index contributed by atoms with van der Waals surface area (Å²) in [5.74, 6) is -2.24. The first kappa shape index (κ1) is 25.1. The molecule has 2 aromatic carbocycles. The first-order chi connectivity index (χ1) is 15.1. The van der Waals surface area contributed by atoms with Crippen molar-refractivity contribution in [1.29, 1.82) is 0 Å². The second-order valence-corrected chi connectivity index (χ2v) is 8.70. The Bertz CT molecular complexity index is 1030. The summed E-state index contributed by atoms with van der Waals surface area (Å²) in [6, 6.07) is 14.1. The highest BCUT2D eigenvalue weighted by atomic mass is 16.6. The molecule has 0 N–H and O–H groups in total. The number of esters is 1. The van der Waals surface area contributed by atoms with Crippen molar-refractivity contribution < 1.29 is 19.1 Å². The van der Waals surface area contributed by atoms with E-state index in [9.17, 15) is 14.4 Å². The Hall–Kier alpha value is -3.21. The fourth-order valence-electron chi connectivity index (χ4n) is 3.28. The van der Waals surface area contributed by atoms with Crippen LogP contribution in [0.2, 0.25) is 0 Å². The number of rotatable bonds is 9. The zero-order valence-electron chi connectivity index (χ0n) is 19.7. The van der Waals surface area contributed by atoms with Crippen LogP contribution in [0.1, 0.15) is 59.4 Å². The lowest BCUT2D eigenvalue weighted by Gasteiger charge is -2.26. The van der Waals surface area contributed by atoms with E-state index in [4.69, 9.17) is 4.74 Å². The maximum absolute atomic E-state index is 13.2. The number of ether oxygens (including phenoxy) is 1. The Balaban J connectivity index is 2.33. The molecule has 170 valence electrons. The van der Waals surface area contributed by atoms with Gasteiger partial charge in [0.2, 0.25) is 11.7 Å². The number of benzene rings is 2. The summed E-state index contributed by atoms with van der Waals surface area (Å²) in [5, 5.41) is 2.20. The van der Waals surface area contributed by atoms with Crippen LogP contribution in [0.3, 0.4) is 0 Å². The molecule has 32 heavy (non-hydrogen) atoms. The summed E-state index contributed by atoms with van der Waals surface area (Å²) in [5.41, 5.74) is 0.963. The van der Waals surface area contributed by atoms with Crippen LogP contribution in [0.5, 0.6) is 0 Å². The summed E-state index contributed by atoms with van der Waals surface area (Å²) in [7, 11) is 0. The Kier molecular flexibility index (Phi) is 8.94. The van der Waals surface area contributed by atoms with Gasteiger partial charge in [-0.3, -0.25) is 9.59 Å². The molecule has 0 aliphatic heterocycles. The van der Waals surface area contributed by atoms with Gasteiger partial charge in [0.05, 0.1) is 13.0 Å². The lowest BCUT2D eigenvalue weighted by molar-refractivity contribution is -0.163. The van der Waals surface area contributed by atoms with E-state index >= 15 is 0 Å². The van der Waals surface area contributed by atoms with Crippen molar-refractivity contribution in [3.8, 4) is 0 Å². The lowest BCUT2D eigenvalue weighted by atomic mass is 10.1. The maximum atomic E-state index is 13.2. The van der Waals surface area contributed by atoms with Gasteiger partial charge in [0.15, 0.2) is 0 Å². The molecule has 0 saturated carbocycles. The number of carbonyl (C=O) groups excluding carboxylic acids is 3. The van der Waals surface area contributed by atoms with Crippen LogP contribution in [0, 0.1) is 0 Å². The van der Waals surface area contributed by atoms with E-state index in [1.807, 2.05) is 74.5 Å². The molecular weight excluding hydrogens is 402 g/mol. The van der Waals surface area contributed by atoms with Crippen LogP contribution < -0.4 is 0 Å². The van der Waals surface area contributed by atoms with Crippen molar-refractivity contribution in [1.82, 2.24) is 4.90 Å². The lowest BCUT2D eigenvalue weighted by Crippen LogP contribution is -2.35. The monoisotopic (exact) mass is 435 g/mol. The zero-order valence-corrected chi connectivity index (χ0v) is 19.7. The summed E-state index contributed by atoms with van der Waals surface area (Å²) >= 11 is 0. The highest BCUT2D eigenvalue weighted by Crippen LogP contribution is 2.21. The Morgan fingerprint density at radius 3 is 2.34 bits per heavy atom. The average molecular weight is 436 g/mol. The first-order valence-electron chi connectivity index (χ1n) is 11.0. The van der Waals surface area contributed by atoms with Gasteiger partial charge in [-0.1, -0.05) is 61.9 Å². The molecule has 0 atom stereocenters. The number of Topliss-reactive ketones (excluding diaryl/α,β-unsaturated/α-hetero) is 1. The second kappa shape index (κ2) is 11.4. The fourth-order valence-corrected chi connectivity index (χ4v) is 3.28. The number of carbonyl (C=O) groups is 3. The topological polar surface area (TPSA) is 63.7 Å². The van der Waals surface area contributed by atoms with Gasteiger partial charge in [0, 0.05) is 5.70 Å². The Morgan fingerprint density at radius 1 is 1.03 bits per heavy atom. The number of fused-ring (bicyclic) bond motifs is 1. The van der Waals surface area contributed by atoms with E-state index in [-0.39, 0.29) is 0 Å². The number of amides is 1. The van der Waals surface area contributed by atoms with Crippen molar-refractivity contribution in [3.63, 3.8) is 0 Å². The van der Waals surface area contributed by atoms with Crippen LogP contribution in [0.15, 0.2) is 66.4 Å². The van der Waals surface area contributed by atoms with Gasteiger partial charge in [-0.2, -0.15) is 0 Å². The molecule has 0 heterocycles. The number of ketones is 1. The molecule has 0 fully saturated rings. The van der Waals surface area contributed by atoms with Crippen molar-refractivity contribution in [3.05, 3.63) is 72.0 Å². The molecule has 0 radical (unpaired) electrons. The van der Waals surface area contributed by atoms with E-state index < -0.39 is 29.7 Å². The van der Waals surface area contributed by atoms with Crippen LogP contribution >= 0.6 is 0 Å². The number of hydrogen-bond donors (Lipinski definition) is 0. The minimum Gasteiger partial charge on any atom is -0.454 e. The molecule has 0 aliphatic rings. The van der Waals surface area contributed by atoms with Crippen LogP contribution in [-0.4, -0.2) is 28.2 Å². The first-order valence-corrected chi connectivity index (χ1v) is 11.0. The molecule has 0 bridgehead atoms. The molecule has 0 aromatic heterocycles. The molecule has 0 unspecified atom stereocenters. The van der Waals surface area contributed by atoms with Gasteiger partial charge in [0.25, 0.3) is 0 Å². The third-order valence-electron chi connectivity index (χ3n) is 4.73. The van der Waals surface area contributed by atoms with Gasteiger partial charge in [0.1, 0.15) is 5.60 Å².